The lowest BCUT2D eigenvalue weighted by Crippen LogP contribution is -2.26. The number of hydrogen-bond acceptors (Lipinski definition) is 2. The predicted octanol–water partition coefficient (Wildman–Crippen LogP) is 2.90. The summed E-state index contributed by atoms with van der Waals surface area (Å²) < 4.78 is 1.95. The fourth-order valence-electron chi connectivity index (χ4n) is 2.13. The molecule has 0 unspecified atom stereocenters. The van der Waals surface area contributed by atoms with Crippen LogP contribution in [0, 0.1) is 0 Å². The summed E-state index contributed by atoms with van der Waals surface area (Å²) in [4.78, 5) is 0. The SMILES string of the molecule is c1cc(Cn2cccn2)cc(NC2CCC2)c1. The molecule has 1 aliphatic carbocycles. The summed E-state index contributed by atoms with van der Waals surface area (Å²) >= 11 is 0. The molecule has 3 rings (SSSR count). The van der Waals surface area contributed by atoms with Crippen LogP contribution in [-0.2, 0) is 6.54 Å². The highest BCUT2D eigenvalue weighted by molar-refractivity contribution is 5.46. The third kappa shape index (κ3) is 2.49. The van der Waals surface area contributed by atoms with E-state index in [1.54, 1.807) is 0 Å². The molecule has 0 amide bonds. The normalized spacial score (nSPS) is 15.5. The number of benzene rings is 1. The highest BCUT2D eigenvalue weighted by atomic mass is 15.3. The lowest BCUT2D eigenvalue weighted by atomic mass is 9.93. The van der Waals surface area contributed by atoms with Crippen molar-refractivity contribution in [2.24, 2.45) is 0 Å². The molecular weight excluding hydrogens is 210 g/mol. The van der Waals surface area contributed by atoms with E-state index in [-0.39, 0.29) is 0 Å². The molecule has 1 saturated carbocycles. The summed E-state index contributed by atoms with van der Waals surface area (Å²) in [5.74, 6) is 0. The Kier molecular flexibility index (Phi) is 2.82. The van der Waals surface area contributed by atoms with Gasteiger partial charge in [0.1, 0.15) is 0 Å². The fraction of sp³-hybridized carbons (Fsp3) is 0.357. The van der Waals surface area contributed by atoms with Gasteiger partial charge >= 0.3 is 0 Å². The summed E-state index contributed by atoms with van der Waals surface area (Å²) in [5.41, 5.74) is 2.53. The quantitative estimate of drug-likeness (QED) is 0.870. The predicted molar refractivity (Wildman–Crippen MR) is 69.0 cm³/mol. The van der Waals surface area contributed by atoms with Gasteiger partial charge in [0.05, 0.1) is 6.54 Å². The molecule has 0 radical (unpaired) electrons. The van der Waals surface area contributed by atoms with Crippen molar-refractivity contribution in [1.29, 1.82) is 0 Å². The van der Waals surface area contributed by atoms with Gasteiger partial charge in [-0.2, -0.15) is 5.10 Å². The second-order valence-corrected chi connectivity index (χ2v) is 4.68. The zero-order chi connectivity index (χ0) is 11.5. The molecule has 0 spiro atoms. The van der Waals surface area contributed by atoms with E-state index in [9.17, 15) is 0 Å². The van der Waals surface area contributed by atoms with Crippen LogP contribution in [0.1, 0.15) is 24.8 Å². The first-order valence-corrected chi connectivity index (χ1v) is 6.23. The first-order chi connectivity index (χ1) is 8.40. The Balaban J connectivity index is 1.69. The van der Waals surface area contributed by atoms with Gasteiger partial charge in [-0.15, -0.1) is 0 Å². The Labute approximate surface area is 101 Å². The van der Waals surface area contributed by atoms with Crippen LogP contribution in [-0.4, -0.2) is 15.8 Å². The van der Waals surface area contributed by atoms with Crippen molar-refractivity contribution >= 4 is 5.69 Å². The number of rotatable bonds is 4. The lowest BCUT2D eigenvalue weighted by Gasteiger charge is -2.27. The van der Waals surface area contributed by atoms with E-state index in [4.69, 9.17) is 0 Å². The number of aromatic nitrogens is 2. The van der Waals surface area contributed by atoms with Crippen LogP contribution >= 0.6 is 0 Å². The van der Waals surface area contributed by atoms with Crippen LogP contribution in [0.3, 0.4) is 0 Å². The van der Waals surface area contributed by atoms with Gasteiger partial charge in [0.2, 0.25) is 0 Å². The van der Waals surface area contributed by atoms with Gasteiger partial charge in [0.25, 0.3) is 0 Å². The van der Waals surface area contributed by atoms with Gasteiger partial charge in [-0.25, -0.2) is 0 Å². The monoisotopic (exact) mass is 227 g/mol. The second-order valence-electron chi connectivity index (χ2n) is 4.68. The Hall–Kier alpha value is -1.77. The van der Waals surface area contributed by atoms with Gasteiger partial charge in [0, 0.05) is 24.1 Å². The summed E-state index contributed by atoms with van der Waals surface area (Å²) in [6.45, 7) is 0.840. The number of hydrogen-bond donors (Lipinski definition) is 1. The molecule has 3 nitrogen and oxygen atoms in total. The van der Waals surface area contributed by atoms with Gasteiger partial charge < -0.3 is 5.32 Å². The summed E-state index contributed by atoms with van der Waals surface area (Å²) in [6.07, 6.45) is 7.79. The molecule has 0 saturated heterocycles. The molecule has 17 heavy (non-hydrogen) atoms. The number of anilines is 1. The van der Waals surface area contributed by atoms with Crippen LogP contribution in [0.2, 0.25) is 0 Å². The molecule has 1 heterocycles. The summed E-state index contributed by atoms with van der Waals surface area (Å²) in [6, 6.07) is 11.3. The molecule has 0 aliphatic heterocycles. The Morgan fingerprint density at radius 2 is 2.24 bits per heavy atom. The molecule has 1 aliphatic rings. The van der Waals surface area contributed by atoms with E-state index in [1.165, 1.54) is 30.5 Å². The maximum absolute atomic E-state index is 4.23. The molecule has 1 aromatic heterocycles. The van der Waals surface area contributed by atoms with E-state index < -0.39 is 0 Å². The van der Waals surface area contributed by atoms with Crippen LogP contribution in [0.5, 0.6) is 0 Å². The fourth-order valence-corrected chi connectivity index (χ4v) is 2.13. The molecule has 1 fully saturated rings. The molecular formula is C14H17N3. The first kappa shape index (κ1) is 10.4. The molecule has 1 aromatic carbocycles. The minimum Gasteiger partial charge on any atom is -0.382 e. The standard InChI is InChI=1S/C14H17N3/c1-4-12(11-17-9-3-8-15-17)10-14(7-1)16-13-5-2-6-13/h1,3-4,7-10,13,16H,2,5-6,11H2. The van der Waals surface area contributed by atoms with E-state index in [0.29, 0.717) is 6.04 Å². The van der Waals surface area contributed by atoms with Crippen molar-refractivity contribution in [3.63, 3.8) is 0 Å². The van der Waals surface area contributed by atoms with Crippen molar-refractivity contribution in [2.75, 3.05) is 5.32 Å². The minimum absolute atomic E-state index is 0.690. The van der Waals surface area contributed by atoms with Gasteiger partial charge in [-0.3, -0.25) is 4.68 Å². The molecule has 0 atom stereocenters. The van der Waals surface area contributed by atoms with Crippen molar-refractivity contribution < 1.29 is 0 Å². The Morgan fingerprint density at radius 1 is 1.29 bits per heavy atom. The van der Waals surface area contributed by atoms with Crippen molar-refractivity contribution in [1.82, 2.24) is 9.78 Å². The molecule has 88 valence electrons. The highest BCUT2D eigenvalue weighted by Gasteiger charge is 2.16. The van der Waals surface area contributed by atoms with Crippen LogP contribution < -0.4 is 5.32 Å². The summed E-state index contributed by atoms with van der Waals surface area (Å²) in [7, 11) is 0. The molecule has 1 N–H and O–H groups in total. The van der Waals surface area contributed by atoms with Crippen molar-refractivity contribution in [2.45, 2.75) is 31.8 Å². The maximum Gasteiger partial charge on any atom is 0.0660 e. The molecule has 0 bridgehead atoms. The van der Waals surface area contributed by atoms with Crippen molar-refractivity contribution in [3.05, 3.63) is 48.3 Å². The number of nitrogens with zero attached hydrogens (tertiary/aromatic N) is 2. The van der Waals surface area contributed by atoms with E-state index in [2.05, 4.69) is 34.7 Å². The van der Waals surface area contributed by atoms with Crippen LogP contribution in [0.15, 0.2) is 42.7 Å². The zero-order valence-electron chi connectivity index (χ0n) is 9.84. The molecule has 2 aromatic rings. The van der Waals surface area contributed by atoms with Gasteiger partial charge in [0.15, 0.2) is 0 Å². The topological polar surface area (TPSA) is 29.9 Å². The Bertz CT molecular complexity index is 472. The third-order valence-corrected chi connectivity index (χ3v) is 3.31. The van der Waals surface area contributed by atoms with Crippen LogP contribution in [0.4, 0.5) is 5.69 Å². The number of nitrogens with one attached hydrogen (secondary N) is 1. The maximum atomic E-state index is 4.23. The molecule has 3 heteroatoms. The average Bonchev–Trinajstić information content (AvgIpc) is 2.77. The smallest absolute Gasteiger partial charge is 0.0660 e. The minimum atomic E-state index is 0.690. The average molecular weight is 227 g/mol. The summed E-state index contributed by atoms with van der Waals surface area (Å²) in [5, 5.41) is 7.79. The van der Waals surface area contributed by atoms with Gasteiger partial charge in [-0.1, -0.05) is 12.1 Å². The third-order valence-electron chi connectivity index (χ3n) is 3.31. The van der Waals surface area contributed by atoms with E-state index in [1.807, 2.05) is 23.1 Å². The second kappa shape index (κ2) is 4.62. The van der Waals surface area contributed by atoms with Crippen molar-refractivity contribution in [3.8, 4) is 0 Å². The first-order valence-electron chi connectivity index (χ1n) is 6.23. The zero-order valence-corrected chi connectivity index (χ0v) is 9.84. The van der Waals surface area contributed by atoms with Gasteiger partial charge in [-0.05, 0) is 43.0 Å². The van der Waals surface area contributed by atoms with E-state index in [0.717, 1.165) is 6.54 Å². The highest BCUT2D eigenvalue weighted by Crippen LogP contribution is 2.23. The lowest BCUT2D eigenvalue weighted by molar-refractivity contribution is 0.445. The Morgan fingerprint density at radius 3 is 2.94 bits per heavy atom. The van der Waals surface area contributed by atoms with Crippen LogP contribution in [0.25, 0.3) is 0 Å². The van der Waals surface area contributed by atoms with E-state index >= 15 is 0 Å². The largest absolute Gasteiger partial charge is 0.382 e.